The number of nitrogens with one attached hydrogen (secondary N) is 1. The molecule has 0 atom stereocenters. The Hall–Kier alpha value is -0.100. The Kier molecular flexibility index (Phi) is 4.13. The van der Waals surface area contributed by atoms with Crippen LogP contribution in [0.25, 0.3) is 0 Å². The van der Waals surface area contributed by atoms with Gasteiger partial charge in [-0.15, -0.1) is 0 Å². The van der Waals surface area contributed by atoms with E-state index >= 15 is 0 Å². The average molecular weight is 339 g/mol. The quantitative estimate of drug-likeness (QED) is 0.896. The molecule has 2 rings (SSSR count). The van der Waals surface area contributed by atoms with Crippen molar-refractivity contribution in [2.45, 2.75) is 24.2 Å². The van der Waals surface area contributed by atoms with E-state index in [9.17, 15) is 8.42 Å². The van der Waals surface area contributed by atoms with Crippen molar-refractivity contribution in [3.8, 4) is 0 Å². The number of benzene rings is 1. The van der Waals surface area contributed by atoms with Gasteiger partial charge in [0.2, 0.25) is 10.0 Å². The first-order valence-corrected chi connectivity index (χ1v) is 8.09. The van der Waals surface area contributed by atoms with Crippen LogP contribution in [0, 0.1) is 5.92 Å². The largest absolute Gasteiger partial charge is 0.240 e. The number of rotatable bonds is 5. The first-order valence-electron chi connectivity index (χ1n) is 5.44. The normalized spacial score (nSPS) is 16.1. The van der Waals surface area contributed by atoms with Crippen LogP contribution < -0.4 is 4.72 Å². The maximum absolute atomic E-state index is 11.9. The summed E-state index contributed by atoms with van der Waals surface area (Å²) in [6, 6.07) is 4.59. The molecule has 1 aromatic rings. The van der Waals surface area contributed by atoms with Gasteiger partial charge in [-0.3, -0.25) is 0 Å². The van der Waals surface area contributed by atoms with Crippen molar-refractivity contribution < 1.29 is 8.42 Å². The summed E-state index contributed by atoms with van der Waals surface area (Å²) in [5.41, 5.74) is 0. The second-order valence-electron chi connectivity index (χ2n) is 4.21. The average Bonchev–Trinajstić information content (AvgIpc) is 3.05. The maximum Gasteiger partial charge on any atom is 0.240 e. The highest BCUT2D eigenvalue weighted by Crippen LogP contribution is 2.32. The first kappa shape index (κ1) is 13.3. The lowest BCUT2D eigenvalue weighted by molar-refractivity contribution is 0.575. The highest BCUT2D eigenvalue weighted by Gasteiger charge is 2.22. The molecule has 17 heavy (non-hydrogen) atoms. The van der Waals surface area contributed by atoms with Crippen LogP contribution in [0.5, 0.6) is 0 Å². The molecule has 0 radical (unpaired) electrons. The monoisotopic (exact) mass is 337 g/mol. The molecule has 0 bridgehead atoms. The molecule has 6 heteroatoms. The third-order valence-corrected chi connectivity index (χ3v) is 5.42. The molecule has 0 amide bonds. The Morgan fingerprint density at radius 1 is 1.41 bits per heavy atom. The van der Waals surface area contributed by atoms with Gasteiger partial charge in [-0.05, 0) is 46.5 Å². The Labute approximate surface area is 115 Å². The third-order valence-electron chi connectivity index (χ3n) is 2.74. The molecule has 3 nitrogen and oxygen atoms in total. The maximum atomic E-state index is 11.9. The zero-order valence-electron chi connectivity index (χ0n) is 9.12. The Morgan fingerprint density at radius 2 is 2.12 bits per heavy atom. The lowest BCUT2D eigenvalue weighted by Crippen LogP contribution is -2.25. The van der Waals surface area contributed by atoms with E-state index in [0.717, 1.165) is 12.3 Å². The predicted octanol–water partition coefficient (Wildman–Crippen LogP) is 3.18. The summed E-state index contributed by atoms with van der Waals surface area (Å²) in [7, 11) is -3.41. The lowest BCUT2D eigenvalue weighted by atomic mass is 10.3. The molecule has 1 aliphatic carbocycles. The van der Waals surface area contributed by atoms with E-state index in [1.54, 1.807) is 6.07 Å². The Balaban J connectivity index is 2.04. The van der Waals surface area contributed by atoms with Crippen LogP contribution in [-0.4, -0.2) is 15.0 Å². The van der Waals surface area contributed by atoms with E-state index in [0.29, 0.717) is 16.0 Å². The highest BCUT2D eigenvalue weighted by molar-refractivity contribution is 9.10. The fourth-order valence-electron chi connectivity index (χ4n) is 1.53. The molecule has 0 aliphatic heterocycles. The SMILES string of the molecule is O=S(=O)(NCCC1CC1)c1ccc(Cl)c(Br)c1. The second kappa shape index (κ2) is 5.26. The molecule has 0 aromatic heterocycles. The molecule has 1 aromatic carbocycles. The van der Waals surface area contributed by atoms with E-state index in [4.69, 9.17) is 11.6 Å². The van der Waals surface area contributed by atoms with Crippen molar-refractivity contribution in [3.63, 3.8) is 0 Å². The zero-order valence-corrected chi connectivity index (χ0v) is 12.3. The van der Waals surface area contributed by atoms with Crippen molar-refractivity contribution in [2.75, 3.05) is 6.54 Å². The number of hydrogen-bond acceptors (Lipinski definition) is 2. The van der Waals surface area contributed by atoms with Gasteiger partial charge in [-0.2, -0.15) is 0 Å². The molecule has 94 valence electrons. The minimum Gasteiger partial charge on any atom is -0.211 e. The smallest absolute Gasteiger partial charge is 0.211 e. The molecule has 0 spiro atoms. The molecule has 0 unspecified atom stereocenters. The summed E-state index contributed by atoms with van der Waals surface area (Å²) in [4.78, 5) is 0.240. The fourth-order valence-corrected chi connectivity index (χ4v) is 3.25. The van der Waals surface area contributed by atoms with E-state index < -0.39 is 10.0 Å². The summed E-state index contributed by atoms with van der Waals surface area (Å²) >= 11 is 9.04. The number of sulfonamides is 1. The first-order chi connectivity index (χ1) is 7.99. The molecule has 1 fully saturated rings. The minimum atomic E-state index is -3.41. The van der Waals surface area contributed by atoms with Gasteiger partial charge in [-0.1, -0.05) is 24.4 Å². The Morgan fingerprint density at radius 3 is 2.71 bits per heavy atom. The van der Waals surface area contributed by atoms with Gasteiger partial charge in [0.1, 0.15) is 0 Å². The molecule has 1 N–H and O–H groups in total. The van der Waals surface area contributed by atoms with Gasteiger partial charge < -0.3 is 0 Å². The fraction of sp³-hybridized carbons (Fsp3) is 0.455. The van der Waals surface area contributed by atoms with Crippen molar-refractivity contribution >= 4 is 37.6 Å². The van der Waals surface area contributed by atoms with Crippen molar-refractivity contribution in [1.82, 2.24) is 4.72 Å². The van der Waals surface area contributed by atoms with E-state index in [1.165, 1.54) is 25.0 Å². The molecule has 0 saturated heterocycles. The van der Waals surface area contributed by atoms with Crippen LogP contribution in [0.15, 0.2) is 27.6 Å². The van der Waals surface area contributed by atoms with Crippen LogP contribution >= 0.6 is 27.5 Å². The van der Waals surface area contributed by atoms with Gasteiger partial charge in [-0.25, -0.2) is 13.1 Å². The van der Waals surface area contributed by atoms with Crippen molar-refractivity contribution in [3.05, 3.63) is 27.7 Å². The van der Waals surface area contributed by atoms with Crippen LogP contribution in [0.1, 0.15) is 19.3 Å². The van der Waals surface area contributed by atoms with Gasteiger partial charge in [0, 0.05) is 11.0 Å². The van der Waals surface area contributed by atoms with Gasteiger partial charge in [0.05, 0.1) is 9.92 Å². The lowest BCUT2D eigenvalue weighted by Gasteiger charge is -2.07. The Bertz CT molecular complexity index is 514. The number of halogens is 2. The van der Waals surface area contributed by atoms with Crippen molar-refractivity contribution in [2.24, 2.45) is 5.92 Å². The van der Waals surface area contributed by atoms with Crippen LogP contribution in [0.2, 0.25) is 5.02 Å². The molecule has 0 heterocycles. The highest BCUT2D eigenvalue weighted by atomic mass is 79.9. The number of hydrogen-bond donors (Lipinski definition) is 1. The van der Waals surface area contributed by atoms with Crippen LogP contribution in [0.3, 0.4) is 0 Å². The summed E-state index contributed by atoms with van der Waals surface area (Å²) in [5, 5.41) is 0.502. The summed E-state index contributed by atoms with van der Waals surface area (Å²) < 4.78 is 27.0. The molecule has 1 aliphatic rings. The third kappa shape index (κ3) is 3.68. The minimum absolute atomic E-state index is 0.240. The van der Waals surface area contributed by atoms with Crippen molar-refractivity contribution in [1.29, 1.82) is 0 Å². The summed E-state index contributed by atoms with van der Waals surface area (Å²) in [5.74, 6) is 0.717. The molecular weight excluding hydrogens is 326 g/mol. The second-order valence-corrected chi connectivity index (χ2v) is 7.23. The standard InChI is InChI=1S/C11H13BrClNO2S/c12-10-7-9(3-4-11(10)13)17(15,16)14-6-5-8-1-2-8/h3-4,7-8,14H,1-2,5-6H2. The van der Waals surface area contributed by atoms with Gasteiger partial charge >= 0.3 is 0 Å². The van der Waals surface area contributed by atoms with Gasteiger partial charge in [0.25, 0.3) is 0 Å². The van der Waals surface area contributed by atoms with E-state index in [1.807, 2.05) is 0 Å². The predicted molar refractivity (Wildman–Crippen MR) is 71.7 cm³/mol. The summed E-state index contributed by atoms with van der Waals surface area (Å²) in [6.07, 6.45) is 3.39. The topological polar surface area (TPSA) is 46.2 Å². The van der Waals surface area contributed by atoms with E-state index in [2.05, 4.69) is 20.7 Å². The molecule has 1 saturated carbocycles. The van der Waals surface area contributed by atoms with Crippen LogP contribution in [-0.2, 0) is 10.0 Å². The van der Waals surface area contributed by atoms with Crippen LogP contribution in [0.4, 0.5) is 0 Å². The molecular formula is C11H13BrClNO2S. The van der Waals surface area contributed by atoms with Gasteiger partial charge in [0.15, 0.2) is 0 Å². The zero-order chi connectivity index (χ0) is 12.5. The van der Waals surface area contributed by atoms with E-state index in [-0.39, 0.29) is 4.90 Å². The summed E-state index contributed by atoms with van der Waals surface area (Å²) in [6.45, 7) is 0.507.